The first-order valence-corrected chi connectivity index (χ1v) is 6.60. The summed E-state index contributed by atoms with van der Waals surface area (Å²) in [4.78, 5) is 5.01. The fraction of sp³-hybridized carbons (Fsp3) is 0.250. The van der Waals surface area contributed by atoms with Crippen molar-refractivity contribution in [1.82, 2.24) is 9.55 Å². The van der Waals surface area contributed by atoms with E-state index < -0.39 is 6.10 Å². The maximum atomic E-state index is 10.3. The highest BCUT2D eigenvalue weighted by molar-refractivity contribution is 8.00. The molecule has 0 radical (unpaired) electrons. The summed E-state index contributed by atoms with van der Waals surface area (Å²) in [7, 11) is 0. The first-order chi connectivity index (χ1) is 8.25. The van der Waals surface area contributed by atoms with Crippen molar-refractivity contribution in [1.29, 1.82) is 0 Å². The smallest absolute Gasteiger partial charge is 0.0946 e. The van der Waals surface area contributed by atoms with Crippen LogP contribution in [0.5, 0.6) is 0 Å². The van der Waals surface area contributed by atoms with Gasteiger partial charge in [-0.05, 0) is 11.6 Å². The van der Waals surface area contributed by atoms with E-state index in [1.165, 1.54) is 0 Å². The van der Waals surface area contributed by atoms with Crippen molar-refractivity contribution >= 4 is 23.4 Å². The molecule has 2 atom stereocenters. The molecule has 0 amide bonds. The van der Waals surface area contributed by atoms with Gasteiger partial charge in [0.1, 0.15) is 0 Å². The van der Waals surface area contributed by atoms with Crippen LogP contribution >= 0.6 is 23.4 Å². The summed E-state index contributed by atoms with van der Waals surface area (Å²) in [5.41, 5.74) is 0.938. The van der Waals surface area contributed by atoms with Gasteiger partial charge in [0.2, 0.25) is 0 Å². The molecule has 1 aliphatic heterocycles. The normalized spacial score (nSPS) is 22.7. The fourth-order valence-electron chi connectivity index (χ4n) is 2.04. The number of aromatic nitrogens is 2. The lowest BCUT2D eigenvalue weighted by Crippen LogP contribution is -2.16. The number of thioether (sulfide) groups is 1. The number of benzene rings is 1. The van der Waals surface area contributed by atoms with E-state index >= 15 is 0 Å². The lowest BCUT2D eigenvalue weighted by atomic mass is 10.1. The highest BCUT2D eigenvalue weighted by atomic mass is 35.5. The molecule has 17 heavy (non-hydrogen) atoms. The summed E-state index contributed by atoms with van der Waals surface area (Å²) in [6.45, 7) is 0.733. The first-order valence-electron chi connectivity index (χ1n) is 5.34. The standard InChI is InChI=1S/C12H11ClN2OS/c13-9-3-1-2-8-11(16)10(17-12(8)9)6-15-5-4-14-7-15/h1-5,7,10-11,16H,6H2/t10-,11-/m0/s1. The largest absolute Gasteiger partial charge is 0.387 e. The summed E-state index contributed by atoms with van der Waals surface area (Å²) in [6, 6.07) is 5.68. The molecule has 1 aromatic carbocycles. The molecule has 1 N–H and O–H groups in total. The minimum absolute atomic E-state index is 0.0964. The molecular weight excluding hydrogens is 256 g/mol. The molecule has 2 heterocycles. The van der Waals surface area contributed by atoms with Gasteiger partial charge in [-0.1, -0.05) is 23.7 Å². The number of fused-ring (bicyclic) bond motifs is 1. The van der Waals surface area contributed by atoms with Crippen LogP contribution in [-0.4, -0.2) is 19.9 Å². The van der Waals surface area contributed by atoms with E-state index in [1.54, 1.807) is 24.3 Å². The number of aliphatic hydroxyl groups excluding tert-OH is 1. The summed E-state index contributed by atoms with van der Waals surface area (Å²) in [5, 5.41) is 11.1. The van der Waals surface area contributed by atoms with E-state index in [2.05, 4.69) is 4.98 Å². The van der Waals surface area contributed by atoms with Crippen LogP contribution in [-0.2, 0) is 6.54 Å². The third-order valence-electron chi connectivity index (χ3n) is 2.89. The minimum Gasteiger partial charge on any atom is -0.387 e. The molecule has 1 aromatic heterocycles. The van der Waals surface area contributed by atoms with Gasteiger partial charge in [-0.3, -0.25) is 0 Å². The van der Waals surface area contributed by atoms with Gasteiger partial charge in [0.25, 0.3) is 0 Å². The molecule has 5 heteroatoms. The van der Waals surface area contributed by atoms with Crippen LogP contribution in [0.3, 0.4) is 0 Å². The molecule has 0 fully saturated rings. The maximum Gasteiger partial charge on any atom is 0.0946 e. The fourth-order valence-corrected chi connectivity index (χ4v) is 3.68. The minimum atomic E-state index is -0.462. The number of nitrogens with zero attached hydrogens (tertiary/aromatic N) is 2. The summed E-state index contributed by atoms with van der Waals surface area (Å²) in [6.07, 6.45) is 4.94. The molecule has 0 aliphatic carbocycles. The van der Waals surface area contributed by atoms with Crippen molar-refractivity contribution in [2.24, 2.45) is 0 Å². The zero-order chi connectivity index (χ0) is 11.8. The molecule has 3 rings (SSSR count). The number of hydrogen-bond donors (Lipinski definition) is 1. The topological polar surface area (TPSA) is 38.0 Å². The maximum absolute atomic E-state index is 10.3. The van der Waals surface area contributed by atoms with Gasteiger partial charge in [-0.2, -0.15) is 0 Å². The van der Waals surface area contributed by atoms with E-state index in [0.717, 1.165) is 22.0 Å². The lowest BCUT2D eigenvalue weighted by Gasteiger charge is -2.14. The Morgan fingerprint density at radius 3 is 3.06 bits per heavy atom. The monoisotopic (exact) mass is 266 g/mol. The molecule has 0 saturated carbocycles. The first kappa shape index (κ1) is 11.1. The third-order valence-corrected chi connectivity index (χ3v) is 4.72. The molecule has 0 spiro atoms. The molecule has 0 bridgehead atoms. The van der Waals surface area contributed by atoms with Crippen molar-refractivity contribution in [2.45, 2.75) is 22.8 Å². The lowest BCUT2D eigenvalue weighted by molar-refractivity contribution is 0.170. The van der Waals surface area contributed by atoms with E-state index in [1.807, 2.05) is 29.0 Å². The van der Waals surface area contributed by atoms with Crippen LogP contribution in [0, 0.1) is 0 Å². The average molecular weight is 267 g/mol. The molecule has 88 valence electrons. The van der Waals surface area contributed by atoms with E-state index in [-0.39, 0.29) is 5.25 Å². The van der Waals surface area contributed by atoms with Crippen molar-refractivity contribution in [3.8, 4) is 0 Å². The van der Waals surface area contributed by atoms with E-state index in [0.29, 0.717) is 0 Å². The van der Waals surface area contributed by atoms with Gasteiger partial charge >= 0.3 is 0 Å². The van der Waals surface area contributed by atoms with Crippen LogP contribution in [0.4, 0.5) is 0 Å². The Morgan fingerprint density at radius 2 is 2.35 bits per heavy atom. The van der Waals surface area contributed by atoms with E-state index in [4.69, 9.17) is 11.6 Å². The highest BCUT2D eigenvalue weighted by Crippen LogP contribution is 2.47. The van der Waals surface area contributed by atoms with Gasteiger partial charge in [0.05, 0.1) is 22.7 Å². The Kier molecular flexibility index (Phi) is 2.86. The number of halogens is 1. The zero-order valence-electron chi connectivity index (χ0n) is 8.95. The SMILES string of the molecule is O[C@H]1c2cccc(Cl)c2S[C@H]1Cn1ccnc1. The van der Waals surface area contributed by atoms with Crippen LogP contribution < -0.4 is 0 Å². The van der Waals surface area contributed by atoms with Crippen LogP contribution in [0.1, 0.15) is 11.7 Å². The Morgan fingerprint density at radius 1 is 1.47 bits per heavy atom. The Bertz CT molecular complexity index is 529. The second-order valence-corrected chi connectivity index (χ2v) is 5.68. The summed E-state index contributed by atoms with van der Waals surface area (Å²) in [5.74, 6) is 0. The predicted molar refractivity (Wildman–Crippen MR) is 68.3 cm³/mol. The predicted octanol–water partition coefficient (Wildman–Crippen LogP) is 2.74. The molecule has 2 aromatic rings. The quantitative estimate of drug-likeness (QED) is 0.908. The van der Waals surface area contributed by atoms with Crippen molar-refractivity contribution in [2.75, 3.05) is 0 Å². The van der Waals surface area contributed by atoms with Crippen molar-refractivity contribution in [3.63, 3.8) is 0 Å². The Hall–Kier alpha value is -0.970. The molecule has 0 saturated heterocycles. The molecule has 0 unspecified atom stereocenters. The van der Waals surface area contributed by atoms with Gasteiger partial charge in [0, 0.05) is 23.8 Å². The zero-order valence-corrected chi connectivity index (χ0v) is 10.5. The van der Waals surface area contributed by atoms with Crippen LogP contribution in [0.15, 0.2) is 41.8 Å². The number of aliphatic hydroxyl groups is 1. The van der Waals surface area contributed by atoms with Gasteiger partial charge in [0.15, 0.2) is 0 Å². The molecule has 1 aliphatic rings. The van der Waals surface area contributed by atoms with E-state index in [9.17, 15) is 5.11 Å². The average Bonchev–Trinajstić information content (AvgIpc) is 2.92. The van der Waals surface area contributed by atoms with Gasteiger partial charge < -0.3 is 9.67 Å². The number of hydrogen-bond acceptors (Lipinski definition) is 3. The van der Waals surface area contributed by atoms with Crippen LogP contribution in [0.25, 0.3) is 0 Å². The Balaban J connectivity index is 1.86. The van der Waals surface area contributed by atoms with Crippen molar-refractivity contribution in [3.05, 3.63) is 47.5 Å². The van der Waals surface area contributed by atoms with Gasteiger partial charge in [-0.15, -0.1) is 11.8 Å². The molecule has 3 nitrogen and oxygen atoms in total. The number of rotatable bonds is 2. The molecular formula is C12H11ClN2OS. The number of imidazole rings is 1. The van der Waals surface area contributed by atoms with Crippen molar-refractivity contribution < 1.29 is 5.11 Å². The van der Waals surface area contributed by atoms with Gasteiger partial charge in [-0.25, -0.2) is 4.98 Å². The Labute approximate surface area is 108 Å². The second-order valence-electron chi connectivity index (χ2n) is 4.02. The summed E-state index contributed by atoms with van der Waals surface area (Å²) >= 11 is 7.77. The van der Waals surface area contributed by atoms with Crippen LogP contribution in [0.2, 0.25) is 5.02 Å². The highest BCUT2D eigenvalue weighted by Gasteiger charge is 2.33. The summed E-state index contributed by atoms with van der Waals surface area (Å²) < 4.78 is 1.97. The third kappa shape index (κ3) is 1.97. The second kappa shape index (κ2) is 4.37.